The van der Waals surface area contributed by atoms with Crippen LogP contribution in [0.1, 0.15) is 0 Å². The van der Waals surface area contributed by atoms with E-state index in [1.54, 1.807) is 0 Å². The fraction of sp³-hybridized carbons (Fsp3) is 0.800. The van der Waals surface area contributed by atoms with E-state index < -0.39 is 29.9 Å². The van der Waals surface area contributed by atoms with E-state index in [2.05, 4.69) is 0 Å². The van der Waals surface area contributed by atoms with Gasteiger partial charge in [0.15, 0.2) is 0 Å². The number of carboxylic acid groups (broad SMARTS) is 1. The highest BCUT2D eigenvalue weighted by Gasteiger charge is 2.88. The van der Waals surface area contributed by atoms with Crippen molar-refractivity contribution in [2.45, 2.75) is 18.5 Å². The monoisotopic (exact) mass is 264 g/mol. The van der Waals surface area contributed by atoms with Gasteiger partial charge in [-0.3, -0.25) is 4.79 Å². The van der Waals surface area contributed by atoms with E-state index >= 15 is 0 Å². The fourth-order valence-electron chi connectivity index (χ4n) is 0.846. The van der Waals surface area contributed by atoms with Gasteiger partial charge in [-0.15, -0.1) is 0 Å². The summed E-state index contributed by atoms with van der Waals surface area (Å²) in [4.78, 5) is 9.80. The first kappa shape index (κ1) is 14.8. The zero-order valence-corrected chi connectivity index (χ0v) is 6.76. The topological polar surface area (TPSA) is 37.3 Å². The average molecular weight is 264 g/mol. The Morgan fingerprint density at radius 2 is 0.875 bits per heavy atom. The quantitative estimate of drug-likeness (QED) is 0.739. The molecule has 0 unspecified atom stereocenters. The molecule has 0 saturated carbocycles. The molecule has 0 aromatic rings. The van der Waals surface area contributed by atoms with Crippen molar-refractivity contribution in [1.82, 2.24) is 0 Å². The van der Waals surface area contributed by atoms with E-state index in [4.69, 9.17) is 5.11 Å². The first-order chi connectivity index (χ1) is 6.69. The SMILES string of the molecule is O=C(O)C(C(F)(F)F)(C(F)(F)F)C(F)(F)F. The van der Waals surface area contributed by atoms with E-state index in [1.807, 2.05) is 0 Å². The maximum absolute atomic E-state index is 11.8. The van der Waals surface area contributed by atoms with Gasteiger partial charge in [-0.1, -0.05) is 0 Å². The van der Waals surface area contributed by atoms with Crippen molar-refractivity contribution >= 4 is 5.97 Å². The molecular weight excluding hydrogens is 263 g/mol. The molecule has 0 amide bonds. The number of carbonyl (C=O) groups is 1. The normalized spacial score (nSPS) is 15.1. The van der Waals surface area contributed by atoms with Gasteiger partial charge in [0, 0.05) is 0 Å². The summed E-state index contributed by atoms with van der Waals surface area (Å²) in [5, 5.41) is 7.67. The molecule has 0 aromatic heterocycles. The molecule has 0 aromatic carbocycles. The van der Waals surface area contributed by atoms with Gasteiger partial charge in [0.05, 0.1) is 0 Å². The Bertz CT molecular complexity index is 246. The zero-order chi connectivity index (χ0) is 13.6. The molecule has 0 spiro atoms. The van der Waals surface area contributed by atoms with Crippen LogP contribution in [0.3, 0.4) is 0 Å². The van der Waals surface area contributed by atoms with Gasteiger partial charge in [0.1, 0.15) is 0 Å². The molecule has 0 bridgehead atoms. The minimum atomic E-state index is -7.05. The van der Waals surface area contributed by atoms with Crippen LogP contribution in [0.2, 0.25) is 0 Å². The molecule has 16 heavy (non-hydrogen) atoms. The zero-order valence-electron chi connectivity index (χ0n) is 6.76. The lowest BCUT2D eigenvalue weighted by Crippen LogP contribution is -2.64. The Morgan fingerprint density at radius 3 is 0.875 bits per heavy atom. The lowest BCUT2D eigenvalue weighted by molar-refractivity contribution is -0.411. The molecule has 0 fully saturated rings. The molecule has 0 aliphatic heterocycles. The van der Waals surface area contributed by atoms with Crippen molar-refractivity contribution in [2.24, 2.45) is 5.41 Å². The third-order valence-electron chi connectivity index (χ3n) is 1.60. The van der Waals surface area contributed by atoms with Crippen LogP contribution in [-0.2, 0) is 4.79 Å². The second kappa shape index (κ2) is 3.42. The molecule has 2 nitrogen and oxygen atoms in total. The number of rotatable bonds is 1. The lowest BCUT2D eigenvalue weighted by atomic mass is 9.85. The number of alkyl halides is 9. The lowest BCUT2D eigenvalue weighted by Gasteiger charge is -2.34. The summed E-state index contributed by atoms with van der Waals surface area (Å²) in [5.74, 6) is -4.07. The highest BCUT2D eigenvalue weighted by molar-refractivity contribution is 5.78. The van der Waals surface area contributed by atoms with Crippen LogP contribution < -0.4 is 0 Å². The maximum atomic E-state index is 11.8. The van der Waals surface area contributed by atoms with Gasteiger partial charge in [0.25, 0.3) is 0 Å². The molecule has 0 aliphatic carbocycles. The first-order valence-electron chi connectivity index (χ1n) is 3.13. The molecule has 11 heteroatoms. The molecular formula is C5HF9O2. The molecule has 0 atom stereocenters. The molecule has 0 heterocycles. The number of hydrogen-bond acceptors (Lipinski definition) is 1. The Morgan fingerprint density at radius 1 is 0.688 bits per heavy atom. The van der Waals surface area contributed by atoms with Gasteiger partial charge < -0.3 is 5.11 Å². The third-order valence-corrected chi connectivity index (χ3v) is 1.60. The molecule has 96 valence electrons. The number of hydrogen-bond donors (Lipinski definition) is 1. The van der Waals surface area contributed by atoms with E-state index in [-0.39, 0.29) is 0 Å². The van der Waals surface area contributed by atoms with E-state index in [0.29, 0.717) is 0 Å². The molecule has 0 radical (unpaired) electrons. The van der Waals surface area contributed by atoms with Crippen LogP contribution in [0.5, 0.6) is 0 Å². The Labute approximate surface area is 80.6 Å². The highest BCUT2D eigenvalue weighted by Crippen LogP contribution is 2.59. The molecule has 0 saturated heterocycles. The number of aliphatic carboxylic acids is 1. The maximum Gasteiger partial charge on any atom is 0.422 e. The summed E-state index contributed by atoms with van der Waals surface area (Å²) in [5.41, 5.74) is -6.77. The van der Waals surface area contributed by atoms with Crippen LogP contribution in [0.4, 0.5) is 39.5 Å². The van der Waals surface area contributed by atoms with Crippen molar-refractivity contribution in [1.29, 1.82) is 0 Å². The van der Waals surface area contributed by atoms with Crippen LogP contribution in [0.25, 0.3) is 0 Å². The largest absolute Gasteiger partial charge is 0.480 e. The predicted molar refractivity (Wildman–Crippen MR) is 28.2 cm³/mol. The summed E-state index contributed by atoms with van der Waals surface area (Å²) in [6.07, 6.45) is -21.1. The van der Waals surface area contributed by atoms with Crippen molar-refractivity contribution in [2.75, 3.05) is 0 Å². The van der Waals surface area contributed by atoms with Gasteiger partial charge >= 0.3 is 29.9 Å². The van der Waals surface area contributed by atoms with Crippen molar-refractivity contribution in [3.8, 4) is 0 Å². The minimum Gasteiger partial charge on any atom is -0.480 e. The van der Waals surface area contributed by atoms with Crippen LogP contribution >= 0.6 is 0 Å². The van der Waals surface area contributed by atoms with Gasteiger partial charge in [-0.25, -0.2) is 0 Å². The smallest absolute Gasteiger partial charge is 0.422 e. The van der Waals surface area contributed by atoms with Crippen LogP contribution in [-0.4, -0.2) is 29.6 Å². The van der Waals surface area contributed by atoms with Crippen LogP contribution in [0, 0.1) is 5.41 Å². The van der Waals surface area contributed by atoms with E-state index in [1.165, 1.54) is 0 Å². The van der Waals surface area contributed by atoms with Gasteiger partial charge in [0.2, 0.25) is 0 Å². The standard InChI is InChI=1S/C5HF9O2/c6-3(7,8)2(1(15)16,4(9,10)11)5(12,13)14/h(H,15,16). The predicted octanol–water partition coefficient (Wildman–Crippen LogP) is 2.74. The van der Waals surface area contributed by atoms with Crippen molar-refractivity contribution < 1.29 is 49.4 Å². The van der Waals surface area contributed by atoms with E-state index in [0.717, 1.165) is 0 Å². The summed E-state index contributed by atoms with van der Waals surface area (Å²) < 4.78 is 106. The summed E-state index contributed by atoms with van der Waals surface area (Å²) >= 11 is 0. The first-order valence-corrected chi connectivity index (χ1v) is 3.13. The number of carboxylic acids is 1. The fourth-order valence-corrected chi connectivity index (χ4v) is 0.846. The average Bonchev–Trinajstić information content (AvgIpc) is 1.71. The summed E-state index contributed by atoms with van der Waals surface area (Å²) in [7, 11) is 0. The van der Waals surface area contributed by atoms with Gasteiger partial charge in [-0.2, -0.15) is 39.5 Å². The Hall–Kier alpha value is -1.16. The second-order valence-electron chi connectivity index (χ2n) is 2.55. The van der Waals surface area contributed by atoms with Crippen LogP contribution in [0.15, 0.2) is 0 Å². The van der Waals surface area contributed by atoms with Gasteiger partial charge in [-0.05, 0) is 0 Å². The molecule has 1 N–H and O–H groups in total. The minimum absolute atomic E-state index is 4.07. The third kappa shape index (κ3) is 1.78. The summed E-state index contributed by atoms with van der Waals surface area (Å²) in [6, 6.07) is 0. The second-order valence-corrected chi connectivity index (χ2v) is 2.55. The molecule has 0 aliphatic rings. The number of halogens is 9. The molecule has 0 rings (SSSR count). The Balaban J connectivity index is 6.17. The van der Waals surface area contributed by atoms with Crippen molar-refractivity contribution in [3.05, 3.63) is 0 Å². The summed E-state index contributed by atoms with van der Waals surface area (Å²) in [6.45, 7) is 0. The Kier molecular flexibility index (Phi) is 3.17. The van der Waals surface area contributed by atoms with E-state index in [9.17, 15) is 44.3 Å². The highest BCUT2D eigenvalue weighted by atomic mass is 19.4. The van der Waals surface area contributed by atoms with Crippen molar-refractivity contribution in [3.63, 3.8) is 0 Å².